The first-order valence-corrected chi connectivity index (χ1v) is 7.72. The lowest BCUT2D eigenvalue weighted by Crippen LogP contribution is -2.14. The lowest BCUT2D eigenvalue weighted by molar-refractivity contribution is 0.410. The van der Waals surface area contributed by atoms with Gasteiger partial charge in [0.25, 0.3) is 5.88 Å². The van der Waals surface area contributed by atoms with Crippen molar-refractivity contribution in [1.82, 2.24) is 0 Å². The average molecular weight is 313 g/mol. The summed E-state index contributed by atoms with van der Waals surface area (Å²) in [6.07, 6.45) is 0. The summed E-state index contributed by atoms with van der Waals surface area (Å²) in [6, 6.07) is 6.50. The van der Waals surface area contributed by atoms with Gasteiger partial charge in [0.15, 0.2) is 5.76 Å². The molecule has 0 aliphatic carbocycles. The van der Waals surface area contributed by atoms with Crippen molar-refractivity contribution in [3.63, 3.8) is 0 Å². The molecule has 0 aliphatic rings. The number of methoxy groups -OCH3 is 1. The van der Waals surface area contributed by atoms with E-state index in [1.807, 2.05) is 0 Å². The maximum atomic E-state index is 11.5. The van der Waals surface area contributed by atoms with Gasteiger partial charge in [0, 0.05) is 5.56 Å². The molecule has 1 aromatic heterocycles. The number of aromatic hydroxyl groups is 2. The number of benzene rings is 1. The molecule has 0 atom stereocenters. The highest BCUT2D eigenvalue weighted by atomic mass is 32.2. The van der Waals surface area contributed by atoms with Gasteiger partial charge in [-0.2, -0.15) is 0 Å². The van der Waals surface area contributed by atoms with Crippen molar-refractivity contribution >= 4 is 15.9 Å². The second-order valence-electron chi connectivity index (χ2n) is 4.19. The van der Waals surface area contributed by atoms with Crippen LogP contribution in [-0.4, -0.2) is 31.5 Å². The predicted molar refractivity (Wildman–Crippen MR) is 77.1 cm³/mol. The van der Waals surface area contributed by atoms with Gasteiger partial charge in [-0.3, -0.25) is 0 Å². The third kappa shape index (κ3) is 3.05. The first kappa shape index (κ1) is 15.0. The van der Waals surface area contributed by atoms with Crippen LogP contribution in [0.4, 0.5) is 5.88 Å². The molecule has 1 aromatic carbocycles. The zero-order chi connectivity index (χ0) is 15.6. The molecule has 0 amide bonds. The molecule has 8 heteroatoms. The van der Waals surface area contributed by atoms with Crippen molar-refractivity contribution in [2.75, 3.05) is 17.6 Å². The molecule has 3 N–H and O–H groups in total. The molecule has 0 spiro atoms. The van der Waals surface area contributed by atoms with E-state index in [1.165, 1.54) is 14.0 Å². The molecule has 0 radical (unpaired) electrons. The second-order valence-corrected chi connectivity index (χ2v) is 6.20. The number of hydrogen-bond donors (Lipinski definition) is 3. The second kappa shape index (κ2) is 5.57. The van der Waals surface area contributed by atoms with E-state index in [0.29, 0.717) is 11.3 Å². The minimum absolute atomic E-state index is 0.0380. The van der Waals surface area contributed by atoms with Gasteiger partial charge in [0.1, 0.15) is 5.75 Å². The number of rotatable bonds is 5. The van der Waals surface area contributed by atoms with E-state index in [9.17, 15) is 18.6 Å². The van der Waals surface area contributed by atoms with Crippen LogP contribution in [0.15, 0.2) is 28.7 Å². The Bertz CT molecular complexity index is 733. The fraction of sp³-hybridized carbons (Fsp3) is 0.231. The molecular formula is C13H15NO6S. The summed E-state index contributed by atoms with van der Waals surface area (Å²) in [4.78, 5) is 0. The lowest BCUT2D eigenvalue weighted by atomic mass is 10.1. The summed E-state index contributed by atoms with van der Waals surface area (Å²) in [7, 11) is -2.11. The van der Waals surface area contributed by atoms with Crippen molar-refractivity contribution in [3.8, 4) is 28.6 Å². The van der Waals surface area contributed by atoms with Gasteiger partial charge in [-0.05, 0) is 31.2 Å². The smallest absolute Gasteiger partial charge is 0.253 e. The molecule has 0 saturated carbocycles. The average Bonchev–Trinajstić information content (AvgIpc) is 2.75. The van der Waals surface area contributed by atoms with Crippen molar-refractivity contribution in [2.24, 2.45) is 0 Å². The Morgan fingerprint density at radius 1 is 1.19 bits per heavy atom. The Balaban J connectivity index is 2.41. The predicted octanol–water partition coefficient (Wildman–Crippen LogP) is 2.13. The molecule has 2 aromatic rings. The molecule has 114 valence electrons. The number of hydrogen-bond acceptors (Lipinski definition) is 6. The minimum atomic E-state index is -3.63. The zero-order valence-corrected chi connectivity index (χ0v) is 12.3. The van der Waals surface area contributed by atoms with E-state index < -0.39 is 27.4 Å². The Morgan fingerprint density at radius 2 is 1.81 bits per heavy atom. The number of nitrogens with one attached hydrogen (secondary N) is 1. The largest absolute Gasteiger partial charge is 0.502 e. The van der Waals surface area contributed by atoms with E-state index in [2.05, 4.69) is 4.72 Å². The molecule has 1 heterocycles. The maximum Gasteiger partial charge on any atom is 0.253 e. The van der Waals surface area contributed by atoms with E-state index in [4.69, 9.17) is 9.15 Å². The number of anilines is 1. The highest BCUT2D eigenvalue weighted by Gasteiger charge is 2.23. The maximum absolute atomic E-state index is 11.5. The minimum Gasteiger partial charge on any atom is -0.502 e. The van der Waals surface area contributed by atoms with Crippen LogP contribution in [0.3, 0.4) is 0 Å². The summed E-state index contributed by atoms with van der Waals surface area (Å²) in [5.74, 6) is -1.22. The number of ether oxygens (including phenoxy) is 1. The molecule has 21 heavy (non-hydrogen) atoms. The number of furan rings is 1. The van der Waals surface area contributed by atoms with E-state index in [0.717, 1.165) is 0 Å². The molecule has 0 bridgehead atoms. The first-order valence-electron chi connectivity index (χ1n) is 6.07. The summed E-state index contributed by atoms with van der Waals surface area (Å²) >= 11 is 0. The third-order valence-electron chi connectivity index (χ3n) is 2.84. The Labute approximate surface area is 121 Å². The normalized spacial score (nSPS) is 11.3. The monoisotopic (exact) mass is 313 g/mol. The van der Waals surface area contributed by atoms with Crippen molar-refractivity contribution in [2.45, 2.75) is 6.92 Å². The molecule has 0 aliphatic heterocycles. The van der Waals surface area contributed by atoms with E-state index in [1.54, 1.807) is 24.3 Å². The molecule has 0 saturated heterocycles. The van der Waals surface area contributed by atoms with Crippen LogP contribution in [0.5, 0.6) is 17.2 Å². The Morgan fingerprint density at radius 3 is 2.33 bits per heavy atom. The fourth-order valence-corrected chi connectivity index (χ4v) is 2.20. The highest BCUT2D eigenvalue weighted by Crippen LogP contribution is 2.45. The molecule has 7 nitrogen and oxygen atoms in total. The van der Waals surface area contributed by atoms with Gasteiger partial charge in [-0.15, -0.1) is 0 Å². The molecule has 0 fully saturated rings. The quantitative estimate of drug-likeness (QED) is 0.780. The van der Waals surface area contributed by atoms with Crippen molar-refractivity contribution in [1.29, 1.82) is 0 Å². The first-order chi connectivity index (χ1) is 9.88. The van der Waals surface area contributed by atoms with Crippen LogP contribution in [0.1, 0.15) is 6.92 Å². The SMILES string of the molecule is CCS(=O)(=O)Nc1oc(-c2ccc(OC)cc2)c(O)c1O. The van der Waals surface area contributed by atoms with Crippen LogP contribution in [0.2, 0.25) is 0 Å². The van der Waals surface area contributed by atoms with Gasteiger partial charge in [0.05, 0.1) is 12.9 Å². The molecule has 0 unspecified atom stereocenters. The summed E-state index contributed by atoms with van der Waals surface area (Å²) in [5, 5.41) is 19.6. The van der Waals surface area contributed by atoms with Crippen molar-refractivity contribution < 1.29 is 27.8 Å². The Hall–Kier alpha value is -2.35. The van der Waals surface area contributed by atoms with Crippen molar-refractivity contribution in [3.05, 3.63) is 24.3 Å². The van der Waals surface area contributed by atoms with Crippen LogP contribution < -0.4 is 9.46 Å². The van der Waals surface area contributed by atoms with E-state index >= 15 is 0 Å². The van der Waals surface area contributed by atoms with E-state index in [-0.39, 0.29) is 11.5 Å². The van der Waals surface area contributed by atoms with Crippen LogP contribution in [-0.2, 0) is 10.0 Å². The summed E-state index contributed by atoms with van der Waals surface area (Å²) < 4.78 is 35.2. The molecular weight excluding hydrogens is 298 g/mol. The van der Waals surface area contributed by atoms with Gasteiger partial charge >= 0.3 is 0 Å². The van der Waals surface area contributed by atoms with Gasteiger partial charge in [0.2, 0.25) is 21.5 Å². The lowest BCUT2D eigenvalue weighted by Gasteiger charge is -2.02. The van der Waals surface area contributed by atoms with Gasteiger partial charge in [-0.25, -0.2) is 13.1 Å². The summed E-state index contributed by atoms with van der Waals surface area (Å²) in [6.45, 7) is 1.44. The highest BCUT2D eigenvalue weighted by molar-refractivity contribution is 7.92. The topological polar surface area (TPSA) is 109 Å². The summed E-state index contributed by atoms with van der Waals surface area (Å²) in [5.41, 5.74) is 0.463. The standard InChI is InChI=1S/C13H15NO6S/c1-3-21(17,18)14-13-11(16)10(15)12(20-13)8-4-6-9(19-2)7-5-8/h4-7,14-16H,3H2,1-2H3. The van der Waals surface area contributed by atoms with Crippen LogP contribution in [0, 0.1) is 0 Å². The third-order valence-corrected chi connectivity index (χ3v) is 4.10. The zero-order valence-electron chi connectivity index (χ0n) is 11.5. The van der Waals surface area contributed by atoms with Gasteiger partial charge in [-0.1, -0.05) is 0 Å². The van der Waals surface area contributed by atoms with Crippen LogP contribution in [0.25, 0.3) is 11.3 Å². The van der Waals surface area contributed by atoms with Crippen LogP contribution >= 0.6 is 0 Å². The fourth-order valence-electron chi connectivity index (χ4n) is 1.63. The van der Waals surface area contributed by atoms with Gasteiger partial charge < -0.3 is 19.4 Å². The molecule has 2 rings (SSSR count). The Kier molecular flexibility index (Phi) is 3.99. The number of sulfonamides is 1.